The minimum atomic E-state index is -4.35. The van der Waals surface area contributed by atoms with Crippen LogP contribution in [0.4, 0.5) is 40.3 Å². The van der Waals surface area contributed by atoms with E-state index in [4.69, 9.17) is 32.6 Å². The molecule has 6 aromatic carbocycles. The van der Waals surface area contributed by atoms with Gasteiger partial charge < -0.3 is 25.8 Å². The molecule has 5 heterocycles. The smallest absolute Gasteiger partial charge is 0.333 e. The third kappa shape index (κ3) is 22.2. The number of nitrogen functional groups attached to an aromatic ring is 1. The van der Waals surface area contributed by atoms with E-state index >= 15 is 0 Å². The third-order valence-electron chi connectivity index (χ3n) is 19.1. The summed E-state index contributed by atoms with van der Waals surface area (Å²) in [6, 6.07) is 31.7. The molecule has 0 saturated heterocycles. The number of hydrogen-bond donors (Lipinski definition) is 6. The first-order chi connectivity index (χ1) is 49.6. The van der Waals surface area contributed by atoms with Crippen molar-refractivity contribution in [2.75, 3.05) is 72.3 Å². The van der Waals surface area contributed by atoms with Gasteiger partial charge in [-0.15, -0.1) is 4.33 Å². The fourth-order valence-electron chi connectivity index (χ4n) is 12.7. The van der Waals surface area contributed by atoms with Gasteiger partial charge in [0.2, 0.25) is 33.1 Å². The lowest BCUT2D eigenvalue weighted by molar-refractivity contribution is -0.432. The predicted octanol–water partition coefficient (Wildman–Crippen LogP) is 18.4. The lowest BCUT2D eigenvalue weighted by atomic mass is 9.77. The number of nitrogens with one attached hydrogen (secondary N) is 3. The van der Waals surface area contributed by atoms with Crippen LogP contribution in [0, 0.1) is 55.4 Å². The zero-order valence-electron chi connectivity index (χ0n) is 61.5. The van der Waals surface area contributed by atoms with Crippen LogP contribution in [0.3, 0.4) is 0 Å². The van der Waals surface area contributed by atoms with Crippen molar-refractivity contribution in [3.63, 3.8) is 0 Å². The van der Waals surface area contributed by atoms with Crippen molar-refractivity contribution in [1.29, 1.82) is 0 Å². The van der Waals surface area contributed by atoms with Gasteiger partial charge in [-0.05, 0) is 231 Å². The topological polar surface area (TPSA) is 292 Å². The minimum Gasteiger partial charge on any atom is -0.377 e. The molecule has 2 aromatic heterocycles. The molecule has 22 nitrogen and oxygen atoms in total. The van der Waals surface area contributed by atoms with Crippen molar-refractivity contribution in [3.8, 4) is 0 Å². The Balaban J connectivity index is 0.000000267. The van der Waals surface area contributed by atoms with Crippen molar-refractivity contribution in [2.45, 2.75) is 134 Å². The highest BCUT2D eigenvalue weighted by Crippen LogP contribution is 2.47. The SMILES string of the molecule is C.C.C.CC(=O)NS(=O)(=O)CCC1(C)C(C=Cc2ccc(N3C=C3)cc2)=Nc2ccc(Br)cc21.CN(CCNc1nc(N)nc(Cl)n1)c1ccc(C=CC(=CC2=Nc3c(ccc4cc(SOOO)ccc34)C2(C)C)CCNS(=O)(=O)O)cc1.Cc1nc(C)c(C)c(C=Cc2c(C)c(C)c(N(C)C)c(C)c2C)c1C. The van der Waals surface area contributed by atoms with Gasteiger partial charge in [0.15, 0.2) is 0 Å². The Bertz CT molecular complexity index is 5000. The maximum atomic E-state index is 12.3. The van der Waals surface area contributed by atoms with E-state index in [0.717, 1.165) is 106 Å². The van der Waals surface area contributed by atoms with Crippen molar-refractivity contribution >= 4 is 153 Å². The maximum Gasteiger partial charge on any atom is 0.333 e. The molecular weight excluding hydrogens is 1510 g/mol. The summed E-state index contributed by atoms with van der Waals surface area (Å²) >= 11 is 10.2. The summed E-state index contributed by atoms with van der Waals surface area (Å²) in [7, 11) is -1.85. The van der Waals surface area contributed by atoms with Gasteiger partial charge in [0.1, 0.15) is 0 Å². The summed E-state index contributed by atoms with van der Waals surface area (Å²) in [5, 5.41) is 17.2. The van der Waals surface area contributed by atoms with Gasteiger partial charge in [0, 0.05) is 114 Å². The van der Waals surface area contributed by atoms with E-state index in [9.17, 15) is 26.2 Å². The first-order valence-corrected chi connectivity index (χ1v) is 38.8. The van der Waals surface area contributed by atoms with E-state index in [1.807, 2.05) is 163 Å². The van der Waals surface area contributed by atoms with E-state index in [-0.39, 0.29) is 45.8 Å². The normalized spacial score (nSPS) is 14.7. The highest BCUT2D eigenvalue weighted by atomic mass is 79.9. The lowest BCUT2D eigenvalue weighted by Gasteiger charge is -2.26. The summed E-state index contributed by atoms with van der Waals surface area (Å²) < 4.78 is 66.2. The van der Waals surface area contributed by atoms with E-state index in [1.165, 1.54) is 57.1 Å². The number of pyridine rings is 1. The average Bonchev–Trinajstić information content (AvgIpc) is 1.59. The average molecular weight is 1610 g/mol. The number of nitrogens with zero attached hydrogens (tertiary/aromatic N) is 9. The van der Waals surface area contributed by atoms with Gasteiger partial charge in [-0.1, -0.05) is 130 Å². The first kappa shape index (κ1) is 88.0. The number of nitrogens with two attached hydrogens (primary N) is 1. The van der Waals surface area contributed by atoms with Crippen molar-refractivity contribution in [3.05, 3.63) is 221 Å². The standard InChI is InChI=1S/C32H35ClN8O6S2.C23H22BrN3O3S.C23H32N2.3CH4/c1-32(2)26-13-8-22-19-24(48-47-46-42)11-12-25(22)28(26)37-27(32)18-21(14-15-36-49(43,44)45)5-4-20-6-9-23(10-7-20)41(3)17-16-35-31-39-29(33)38-30(34)40-31;1-16(28)26-31(29,30)14-11-23(2)20-15-18(24)6-9-21(20)25-22(23)10-5-17-3-7-19(8-4-17)27-12-13-27;1-13-15(3)23(25(9)10)16(4)14(2)21(13)11-12-22-17(5)19(7)24-20(8)18(22)6;;;/h4-13,18-19,36,42H,14-17H2,1-3H3,(H,43,44,45)(H3,34,35,38,39,40);3-10,12-13,15H,11,14H2,1-2H3,(H,26,28);11-12H,1-10H3;3*1H4. The number of benzene rings is 6. The number of fused-ring (bicyclic) bond motifs is 4. The Morgan fingerprint density at radius 1 is 0.713 bits per heavy atom. The molecule has 7 N–H and O–H groups in total. The number of amides is 1. The zero-order chi connectivity index (χ0) is 76.5. The number of anilines is 5. The second-order valence-corrected chi connectivity index (χ2v) is 32.0. The fourth-order valence-corrected chi connectivity index (χ4v) is 15.2. The zero-order valence-corrected chi connectivity index (χ0v) is 66.3. The lowest BCUT2D eigenvalue weighted by Crippen LogP contribution is -2.36. The van der Waals surface area contributed by atoms with Crippen LogP contribution in [0.5, 0.6) is 0 Å². The summed E-state index contributed by atoms with van der Waals surface area (Å²) in [6.07, 6.45) is 18.9. The third-order valence-corrected chi connectivity index (χ3v) is 22.2. The highest BCUT2D eigenvalue weighted by molar-refractivity contribution is 9.10. The molecule has 3 aliphatic heterocycles. The van der Waals surface area contributed by atoms with Crippen LogP contribution in [-0.2, 0) is 45.3 Å². The van der Waals surface area contributed by atoms with Crippen molar-refractivity contribution in [1.82, 2.24) is 29.4 Å². The number of allylic oxidation sites excluding steroid dienone is 3. The van der Waals surface area contributed by atoms with E-state index in [1.54, 1.807) is 0 Å². The molecule has 576 valence electrons. The Kier molecular flexibility index (Phi) is 30.5. The second-order valence-electron chi connectivity index (χ2n) is 26.9. The fraction of sp³-hybridized carbons (Fsp3) is 0.321. The number of likely N-dealkylation sites (N-methyl/N-ethyl adjacent to an activating group) is 1. The van der Waals surface area contributed by atoms with Crippen molar-refractivity contribution < 1.29 is 40.8 Å². The molecule has 0 bridgehead atoms. The van der Waals surface area contributed by atoms with Gasteiger partial charge in [0.05, 0.1) is 40.6 Å². The Morgan fingerprint density at radius 2 is 1.33 bits per heavy atom. The quantitative estimate of drug-likeness (QED) is 0.0102. The summed E-state index contributed by atoms with van der Waals surface area (Å²) in [6.45, 7) is 26.0. The molecular formula is C81H101BrClN13O9S3. The number of carbonyl (C=O) groups excluding carboxylic acids is 1. The van der Waals surface area contributed by atoms with E-state index < -0.39 is 37.1 Å². The van der Waals surface area contributed by atoms with Crippen LogP contribution < -0.4 is 35.2 Å². The molecule has 0 spiro atoms. The molecule has 0 aliphatic carbocycles. The van der Waals surface area contributed by atoms with Crippen LogP contribution in [0.15, 0.2) is 153 Å². The molecule has 0 radical (unpaired) electrons. The Labute approximate surface area is 655 Å². The van der Waals surface area contributed by atoms with Crippen LogP contribution >= 0.6 is 39.6 Å². The molecule has 1 unspecified atom stereocenters. The second kappa shape index (κ2) is 37.5. The summed E-state index contributed by atoms with van der Waals surface area (Å²) in [5.41, 5.74) is 28.9. The van der Waals surface area contributed by atoms with Gasteiger partial charge in [-0.3, -0.25) is 29.0 Å². The van der Waals surface area contributed by atoms with Crippen LogP contribution in [0.1, 0.15) is 141 Å². The number of carbonyl (C=O) groups is 1. The van der Waals surface area contributed by atoms with Gasteiger partial charge in [-0.25, -0.2) is 13.7 Å². The van der Waals surface area contributed by atoms with Crippen LogP contribution in [0.25, 0.3) is 35.1 Å². The molecule has 11 rings (SSSR count). The van der Waals surface area contributed by atoms with Crippen LogP contribution in [0.2, 0.25) is 5.28 Å². The van der Waals surface area contributed by atoms with Crippen molar-refractivity contribution in [2.24, 2.45) is 9.98 Å². The molecule has 108 heavy (non-hydrogen) atoms. The molecule has 1 amide bonds. The first-order valence-electron chi connectivity index (χ1n) is 33.8. The van der Waals surface area contributed by atoms with Gasteiger partial charge in [0.25, 0.3) is 0 Å². The number of aryl methyl sites for hydroxylation is 2. The maximum absolute atomic E-state index is 12.3. The van der Waals surface area contributed by atoms with E-state index in [0.29, 0.717) is 31.9 Å². The Hall–Kier alpha value is -8.93. The number of sulfonamides is 1. The van der Waals surface area contributed by atoms with Crippen LogP contribution in [-0.4, -0.2) is 110 Å². The minimum absolute atomic E-state index is 0. The largest absolute Gasteiger partial charge is 0.377 e. The number of aliphatic imine (C=N–C) groups is 2. The molecule has 8 aromatic rings. The molecule has 0 saturated carbocycles. The Morgan fingerprint density at radius 3 is 1.93 bits per heavy atom. The van der Waals surface area contributed by atoms with E-state index in [2.05, 4.69) is 161 Å². The molecule has 1 atom stereocenters. The monoisotopic (exact) mass is 1610 g/mol. The molecule has 27 heteroatoms. The molecule has 0 fully saturated rings. The number of halogens is 2. The summed E-state index contributed by atoms with van der Waals surface area (Å²) in [5.74, 6) is -0.419. The highest BCUT2D eigenvalue weighted by Gasteiger charge is 2.40. The number of hydrogen-bond acceptors (Lipinski definition) is 20. The van der Waals surface area contributed by atoms with Gasteiger partial charge >= 0.3 is 10.3 Å². The van der Waals surface area contributed by atoms with Gasteiger partial charge in [-0.2, -0.15) is 28.1 Å². The number of aromatic nitrogens is 4. The summed E-state index contributed by atoms with van der Waals surface area (Å²) in [4.78, 5) is 44.5. The predicted molar refractivity (Wildman–Crippen MR) is 453 cm³/mol. The molecule has 3 aliphatic rings. The number of rotatable bonds is 25.